The molecule has 0 aliphatic heterocycles. The van der Waals surface area contributed by atoms with Crippen molar-refractivity contribution in [3.63, 3.8) is 0 Å². The van der Waals surface area contributed by atoms with Crippen LogP contribution in [0.5, 0.6) is 11.5 Å². The quantitative estimate of drug-likeness (QED) is 0.272. The monoisotopic (exact) mass is 536 g/mol. The van der Waals surface area contributed by atoms with Gasteiger partial charge in [-0.05, 0) is 30.1 Å². The van der Waals surface area contributed by atoms with Crippen LogP contribution in [0.1, 0.15) is 32.1 Å². The number of ether oxygens (including phenoxy) is 2. The van der Waals surface area contributed by atoms with E-state index >= 15 is 0 Å². The zero-order chi connectivity index (χ0) is 25.8. The molecule has 3 heterocycles. The fourth-order valence-corrected chi connectivity index (χ4v) is 4.21. The van der Waals surface area contributed by atoms with E-state index in [4.69, 9.17) is 21.1 Å². The van der Waals surface area contributed by atoms with Crippen LogP contribution in [0.25, 0.3) is 17.2 Å². The van der Waals surface area contributed by atoms with E-state index in [1.807, 2.05) is 13.8 Å². The largest absolute Gasteiger partial charge is 0.494 e. The Balaban J connectivity index is 1.72. The Hall–Kier alpha value is -3.45. The molecule has 36 heavy (non-hydrogen) atoms. The highest BCUT2D eigenvalue weighted by Gasteiger charge is 2.25. The van der Waals surface area contributed by atoms with E-state index in [1.165, 1.54) is 38.4 Å². The second-order valence-electron chi connectivity index (χ2n) is 7.63. The van der Waals surface area contributed by atoms with Crippen molar-refractivity contribution in [3.8, 4) is 28.7 Å². The van der Waals surface area contributed by atoms with Crippen molar-refractivity contribution in [2.24, 2.45) is 0 Å². The molecule has 1 aromatic carbocycles. The normalized spacial score (nSPS) is 13.0. The summed E-state index contributed by atoms with van der Waals surface area (Å²) in [6.45, 7) is 1.22. The van der Waals surface area contributed by atoms with Crippen molar-refractivity contribution in [1.82, 2.24) is 34.5 Å². The third-order valence-corrected chi connectivity index (χ3v) is 6.69. The summed E-state index contributed by atoms with van der Waals surface area (Å²) in [6, 6.07) is 6.71. The van der Waals surface area contributed by atoms with Gasteiger partial charge in [0, 0.05) is 29.8 Å². The maximum atomic E-state index is 13.2. The Morgan fingerprint density at radius 1 is 1.03 bits per heavy atom. The summed E-state index contributed by atoms with van der Waals surface area (Å²) >= 11 is 7.28. The summed E-state index contributed by atoms with van der Waals surface area (Å²) < 4.78 is 42.9. The van der Waals surface area contributed by atoms with Gasteiger partial charge in [-0.1, -0.05) is 31.5 Å². The molecule has 0 saturated heterocycles. The summed E-state index contributed by atoms with van der Waals surface area (Å²) in [5, 5.41) is 12.9. The number of rotatable bonds is 10. The smallest absolute Gasteiger partial charge is 0.333 e. The molecule has 190 valence electrons. The van der Waals surface area contributed by atoms with Crippen molar-refractivity contribution in [2.75, 3.05) is 18.9 Å². The van der Waals surface area contributed by atoms with E-state index in [-0.39, 0.29) is 22.7 Å². The predicted molar refractivity (Wildman–Crippen MR) is 133 cm³/mol. The van der Waals surface area contributed by atoms with Crippen molar-refractivity contribution in [2.45, 2.75) is 31.6 Å². The lowest BCUT2D eigenvalue weighted by Gasteiger charge is -2.20. The zero-order valence-electron chi connectivity index (χ0n) is 19.8. The second-order valence-corrected chi connectivity index (χ2v) is 9.25. The van der Waals surface area contributed by atoms with Crippen LogP contribution in [0.3, 0.4) is 0 Å². The van der Waals surface area contributed by atoms with Crippen molar-refractivity contribution in [3.05, 3.63) is 53.7 Å². The lowest BCUT2D eigenvalue weighted by Crippen LogP contribution is -2.15. The minimum absolute atomic E-state index is 0.00242. The number of methoxy groups -OCH3 is 2. The molecule has 0 aliphatic carbocycles. The SMILES string of the molecule is COc1cccc(OC)c1-n1c(NSC(C)C(C)c2ncc(Cl)cn2)nnc1-c1ccn(C(F)F)n1. The minimum Gasteiger partial charge on any atom is -0.494 e. The summed E-state index contributed by atoms with van der Waals surface area (Å²) in [7, 11) is 3.04. The maximum Gasteiger partial charge on any atom is 0.333 e. The number of benzene rings is 1. The predicted octanol–water partition coefficient (Wildman–Crippen LogP) is 5.24. The van der Waals surface area contributed by atoms with Crippen LogP contribution in [0.4, 0.5) is 14.7 Å². The van der Waals surface area contributed by atoms with E-state index < -0.39 is 6.55 Å². The van der Waals surface area contributed by atoms with Crippen LogP contribution in [-0.4, -0.2) is 54.0 Å². The fourth-order valence-electron chi connectivity index (χ4n) is 3.36. The molecule has 2 atom stereocenters. The number of aromatic nitrogens is 7. The summed E-state index contributed by atoms with van der Waals surface area (Å²) in [4.78, 5) is 8.61. The highest BCUT2D eigenvalue weighted by atomic mass is 35.5. The van der Waals surface area contributed by atoms with Crippen LogP contribution in [-0.2, 0) is 0 Å². The van der Waals surface area contributed by atoms with Gasteiger partial charge in [-0.15, -0.1) is 10.2 Å². The van der Waals surface area contributed by atoms with Crippen LogP contribution in [0, 0.1) is 0 Å². The number of nitrogens with one attached hydrogen (secondary N) is 1. The van der Waals surface area contributed by atoms with Crippen molar-refractivity contribution in [1.29, 1.82) is 0 Å². The van der Waals surface area contributed by atoms with Gasteiger partial charge < -0.3 is 9.47 Å². The van der Waals surface area contributed by atoms with Crippen LogP contribution < -0.4 is 14.2 Å². The van der Waals surface area contributed by atoms with Gasteiger partial charge in [0.25, 0.3) is 0 Å². The number of alkyl halides is 2. The van der Waals surface area contributed by atoms with Gasteiger partial charge in [-0.3, -0.25) is 9.29 Å². The van der Waals surface area contributed by atoms with Crippen molar-refractivity contribution >= 4 is 29.5 Å². The van der Waals surface area contributed by atoms with Gasteiger partial charge >= 0.3 is 6.55 Å². The van der Waals surface area contributed by atoms with E-state index in [9.17, 15) is 8.78 Å². The number of anilines is 1. The van der Waals surface area contributed by atoms with Gasteiger partial charge in [-0.2, -0.15) is 13.9 Å². The molecule has 0 spiro atoms. The zero-order valence-corrected chi connectivity index (χ0v) is 21.3. The molecule has 10 nitrogen and oxygen atoms in total. The Morgan fingerprint density at radius 2 is 1.69 bits per heavy atom. The van der Waals surface area contributed by atoms with Crippen LogP contribution >= 0.6 is 23.5 Å². The first-order valence-corrected chi connectivity index (χ1v) is 12.0. The summed E-state index contributed by atoms with van der Waals surface area (Å²) in [5.74, 6) is 2.09. The number of halogens is 3. The highest BCUT2D eigenvalue weighted by molar-refractivity contribution is 8.01. The van der Waals surface area contributed by atoms with E-state index in [0.717, 1.165) is 0 Å². The number of hydrogen-bond acceptors (Lipinski definition) is 9. The van der Waals surface area contributed by atoms with Gasteiger partial charge in [0.1, 0.15) is 28.7 Å². The first-order valence-electron chi connectivity index (χ1n) is 10.7. The molecule has 0 radical (unpaired) electrons. The summed E-state index contributed by atoms with van der Waals surface area (Å²) in [6.07, 6.45) is 4.29. The van der Waals surface area contributed by atoms with E-state index in [0.29, 0.717) is 38.7 Å². The molecule has 1 N–H and O–H groups in total. The average Bonchev–Trinajstić information content (AvgIpc) is 3.54. The minimum atomic E-state index is -2.79. The van der Waals surface area contributed by atoms with E-state index in [1.54, 1.807) is 35.2 Å². The van der Waals surface area contributed by atoms with Gasteiger partial charge in [-0.25, -0.2) is 14.6 Å². The standard InChI is InChI=1S/C22H23ClF2N8O2S/c1-12(19-26-10-14(23)11-27-19)13(2)36-31-22-29-28-20(15-8-9-32(30-15)21(24)25)33(22)18-16(34-3)6-5-7-17(18)35-4/h5-13,21H,1-4H3,(H,29,31). The highest BCUT2D eigenvalue weighted by Crippen LogP contribution is 2.38. The molecular weight excluding hydrogens is 514 g/mol. The van der Waals surface area contributed by atoms with Gasteiger partial charge in [0.15, 0.2) is 5.82 Å². The second kappa shape index (κ2) is 11.1. The molecule has 0 aliphatic rings. The topological polar surface area (TPSA) is 105 Å². The number of hydrogen-bond donors (Lipinski definition) is 1. The molecule has 0 bridgehead atoms. The summed E-state index contributed by atoms with van der Waals surface area (Å²) in [5.41, 5.74) is 0.684. The molecule has 4 rings (SSSR count). The molecule has 0 saturated carbocycles. The molecule has 4 aromatic rings. The first-order chi connectivity index (χ1) is 17.3. The molecule has 2 unspecified atom stereocenters. The number of para-hydroxylation sites is 1. The van der Waals surface area contributed by atoms with Crippen molar-refractivity contribution < 1.29 is 18.3 Å². The first kappa shape index (κ1) is 25.6. The Morgan fingerprint density at radius 3 is 2.28 bits per heavy atom. The average molecular weight is 537 g/mol. The molecule has 0 amide bonds. The molecule has 14 heteroatoms. The Labute approximate surface area is 215 Å². The van der Waals surface area contributed by atoms with Crippen LogP contribution in [0.15, 0.2) is 42.9 Å². The number of nitrogens with zero attached hydrogens (tertiary/aromatic N) is 7. The third-order valence-electron chi connectivity index (χ3n) is 5.41. The lowest BCUT2D eigenvalue weighted by atomic mass is 10.1. The lowest BCUT2D eigenvalue weighted by molar-refractivity contribution is 0.0568. The van der Waals surface area contributed by atoms with Gasteiger partial charge in [0.05, 0.1) is 19.2 Å². The fraction of sp³-hybridized carbons (Fsp3) is 0.318. The molecule has 0 fully saturated rings. The van der Waals surface area contributed by atoms with Gasteiger partial charge in [0.2, 0.25) is 5.95 Å². The van der Waals surface area contributed by atoms with E-state index in [2.05, 4.69) is 30.0 Å². The maximum absolute atomic E-state index is 13.2. The molecule has 3 aromatic heterocycles. The Bertz CT molecular complexity index is 1300. The third kappa shape index (κ3) is 5.21. The Kier molecular flexibility index (Phi) is 7.89. The van der Waals surface area contributed by atoms with Crippen LogP contribution in [0.2, 0.25) is 5.02 Å². The molecular formula is C22H23ClF2N8O2S.